The highest BCUT2D eigenvalue weighted by molar-refractivity contribution is 7.09. The van der Waals surface area contributed by atoms with Gasteiger partial charge in [0.1, 0.15) is 24.0 Å². The summed E-state index contributed by atoms with van der Waals surface area (Å²) in [4.78, 5) is 16.5. The monoisotopic (exact) mass is 421 g/mol. The molecule has 6 heteroatoms. The zero-order chi connectivity index (χ0) is 20.7. The van der Waals surface area contributed by atoms with E-state index in [4.69, 9.17) is 9.47 Å². The molecule has 30 heavy (non-hydrogen) atoms. The topological polar surface area (TPSA) is 38.8 Å². The Hall–Kier alpha value is -2.96. The minimum atomic E-state index is -0.391. The molecule has 152 valence electrons. The summed E-state index contributed by atoms with van der Waals surface area (Å²) in [5.41, 5.74) is 2.63. The molecule has 0 unspecified atom stereocenters. The molecule has 2 aliphatic rings. The Labute approximate surface area is 178 Å². The highest BCUT2D eigenvalue weighted by Crippen LogP contribution is 2.43. The van der Waals surface area contributed by atoms with Crippen LogP contribution in [0.5, 0.6) is 11.5 Å². The predicted octanol–water partition coefficient (Wildman–Crippen LogP) is 5.21. The van der Waals surface area contributed by atoms with Crippen molar-refractivity contribution in [1.29, 1.82) is 0 Å². The lowest BCUT2D eigenvalue weighted by atomic mass is 10.00. The number of Topliss-reactive ketones (excluding diaryl/α,β-unsaturated/α-hetero) is 1. The number of allylic oxidation sites excluding steroid dienone is 1. The number of halogens is 1. The number of benzene rings is 2. The number of carbonyl (C=O) groups is 1. The number of carbonyl (C=O) groups excluding carboxylic acids is 1. The molecule has 1 aromatic heterocycles. The first-order valence-corrected chi connectivity index (χ1v) is 10.7. The van der Waals surface area contributed by atoms with E-state index in [1.807, 2.05) is 13.0 Å². The van der Waals surface area contributed by atoms with Crippen molar-refractivity contribution in [3.63, 3.8) is 0 Å². The molecule has 0 fully saturated rings. The zero-order valence-corrected chi connectivity index (χ0v) is 17.3. The van der Waals surface area contributed by atoms with Crippen molar-refractivity contribution in [2.24, 2.45) is 0 Å². The third-order valence-corrected chi connectivity index (χ3v) is 6.38. The molecule has 0 atom stereocenters. The Morgan fingerprint density at radius 2 is 2.07 bits per heavy atom. The molecule has 2 aromatic carbocycles. The molecule has 0 N–H and O–H groups in total. The number of hydrogen-bond donors (Lipinski definition) is 0. The summed E-state index contributed by atoms with van der Waals surface area (Å²) in [5.74, 6) is 0.803. The molecule has 0 bridgehead atoms. The zero-order valence-electron chi connectivity index (χ0n) is 16.5. The first kappa shape index (κ1) is 19.0. The van der Waals surface area contributed by atoms with Crippen LogP contribution >= 0.6 is 11.3 Å². The number of hydrogen-bond acceptors (Lipinski definition) is 5. The van der Waals surface area contributed by atoms with Crippen molar-refractivity contribution >= 4 is 23.2 Å². The van der Waals surface area contributed by atoms with Crippen LogP contribution in [-0.4, -0.2) is 24.0 Å². The predicted molar refractivity (Wildman–Crippen MR) is 114 cm³/mol. The van der Waals surface area contributed by atoms with E-state index in [2.05, 4.69) is 22.4 Å². The van der Waals surface area contributed by atoms with E-state index in [0.717, 1.165) is 29.8 Å². The van der Waals surface area contributed by atoms with Crippen molar-refractivity contribution in [2.45, 2.75) is 19.9 Å². The molecule has 0 saturated carbocycles. The maximum Gasteiger partial charge on any atom is 0.231 e. The molecule has 3 aromatic rings. The van der Waals surface area contributed by atoms with Gasteiger partial charge in [-0.1, -0.05) is 24.3 Å². The van der Waals surface area contributed by atoms with Gasteiger partial charge in [0.15, 0.2) is 5.76 Å². The average Bonchev–Trinajstić information content (AvgIpc) is 3.37. The molecular formula is C24H20FNO3S. The maximum atomic E-state index is 14.0. The molecule has 5 rings (SSSR count). The lowest BCUT2D eigenvalue weighted by molar-refractivity contribution is 0.0956. The van der Waals surface area contributed by atoms with Crippen LogP contribution in [0.3, 0.4) is 0 Å². The first-order valence-electron chi connectivity index (χ1n) is 9.83. The Bertz CT molecular complexity index is 1150. The summed E-state index contributed by atoms with van der Waals surface area (Å²) in [6, 6.07) is 12.4. The Morgan fingerprint density at radius 1 is 1.20 bits per heavy atom. The quantitative estimate of drug-likeness (QED) is 0.543. The van der Waals surface area contributed by atoms with Crippen molar-refractivity contribution < 1.29 is 18.7 Å². The Morgan fingerprint density at radius 3 is 2.87 bits per heavy atom. The highest BCUT2D eigenvalue weighted by Gasteiger charge is 2.33. The highest BCUT2D eigenvalue weighted by atomic mass is 32.1. The minimum Gasteiger partial charge on any atom is -0.477 e. The fourth-order valence-electron chi connectivity index (χ4n) is 3.90. The van der Waals surface area contributed by atoms with E-state index in [0.29, 0.717) is 30.2 Å². The van der Waals surface area contributed by atoms with Crippen LogP contribution in [0.15, 0.2) is 53.6 Å². The Kier molecular flexibility index (Phi) is 4.89. The van der Waals surface area contributed by atoms with Crippen molar-refractivity contribution in [3.8, 4) is 11.5 Å². The van der Waals surface area contributed by atoms with Crippen molar-refractivity contribution in [2.75, 3.05) is 13.3 Å². The molecule has 0 spiro atoms. The molecule has 0 saturated heterocycles. The van der Waals surface area contributed by atoms with Gasteiger partial charge in [-0.3, -0.25) is 9.69 Å². The van der Waals surface area contributed by atoms with Crippen LogP contribution in [0, 0.1) is 12.7 Å². The molecule has 0 aliphatic carbocycles. The Balaban J connectivity index is 1.40. The van der Waals surface area contributed by atoms with E-state index in [9.17, 15) is 9.18 Å². The van der Waals surface area contributed by atoms with E-state index < -0.39 is 5.82 Å². The van der Waals surface area contributed by atoms with Gasteiger partial charge in [-0.15, -0.1) is 11.3 Å². The van der Waals surface area contributed by atoms with E-state index in [-0.39, 0.29) is 11.5 Å². The third kappa shape index (κ3) is 3.42. The number of ether oxygens (including phenoxy) is 2. The summed E-state index contributed by atoms with van der Waals surface area (Å²) < 4.78 is 25.9. The molecule has 3 heterocycles. The van der Waals surface area contributed by atoms with Crippen LogP contribution in [0.2, 0.25) is 0 Å². The number of ketones is 1. The second-order valence-electron chi connectivity index (χ2n) is 7.48. The van der Waals surface area contributed by atoms with Crippen LogP contribution in [-0.2, 0) is 13.0 Å². The van der Waals surface area contributed by atoms with Gasteiger partial charge >= 0.3 is 0 Å². The average molecular weight is 421 g/mol. The van der Waals surface area contributed by atoms with Gasteiger partial charge in [0.25, 0.3) is 0 Å². The normalized spacial score (nSPS) is 16.9. The third-order valence-electron chi connectivity index (χ3n) is 5.45. The van der Waals surface area contributed by atoms with Gasteiger partial charge in [0, 0.05) is 34.7 Å². The van der Waals surface area contributed by atoms with Crippen LogP contribution in [0.1, 0.15) is 31.9 Å². The fraction of sp³-hybridized carbons (Fsp3) is 0.208. The summed E-state index contributed by atoms with van der Waals surface area (Å²) in [7, 11) is 0. The first-order chi connectivity index (χ1) is 14.6. The summed E-state index contributed by atoms with van der Waals surface area (Å²) in [6.45, 7) is 4.01. The number of fused-ring (bicyclic) bond motifs is 2. The van der Waals surface area contributed by atoms with E-state index in [1.165, 1.54) is 17.0 Å². The van der Waals surface area contributed by atoms with Crippen LogP contribution < -0.4 is 9.47 Å². The van der Waals surface area contributed by atoms with Gasteiger partial charge in [-0.25, -0.2) is 4.39 Å². The summed E-state index contributed by atoms with van der Waals surface area (Å²) >= 11 is 1.76. The lowest BCUT2D eigenvalue weighted by Crippen LogP contribution is -2.34. The standard InChI is InChI=1S/C24H20FNO3S/c1-15-23-17(13-26(14-28-23)9-8-18-6-4-10-30-18)11-19-22(27)21(29-24(15)19)12-16-5-2-3-7-20(16)25/h2-7,10-12H,8-9,13-14H2,1H3/b21-12-. The summed E-state index contributed by atoms with van der Waals surface area (Å²) in [5, 5.41) is 2.09. The maximum absolute atomic E-state index is 14.0. The fourth-order valence-corrected chi connectivity index (χ4v) is 4.59. The van der Waals surface area contributed by atoms with E-state index >= 15 is 0 Å². The largest absolute Gasteiger partial charge is 0.477 e. The minimum absolute atomic E-state index is 0.134. The van der Waals surface area contributed by atoms with Crippen LogP contribution in [0.25, 0.3) is 6.08 Å². The number of rotatable bonds is 4. The molecule has 2 aliphatic heterocycles. The van der Waals surface area contributed by atoms with Gasteiger partial charge in [0.2, 0.25) is 5.78 Å². The lowest BCUT2D eigenvalue weighted by Gasteiger charge is -2.30. The smallest absolute Gasteiger partial charge is 0.231 e. The number of thiophene rings is 1. The molecule has 0 amide bonds. The van der Waals surface area contributed by atoms with Gasteiger partial charge in [0.05, 0.1) is 5.56 Å². The van der Waals surface area contributed by atoms with Crippen LogP contribution in [0.4, 0.5) is 4.39 Å². The van der Waals surface area contributed by atoms with Crippen molar-refractivity contribution in [1.82, 2.24) is 4.90 Å². The second-order valence-corrected chi connectivity index (χ2v) is 8.52. The molecule has 4 nitrogen and oxygen atoms in total. The summed E-state index contributed by atoms with van der Waals surface area (Å²) in [6.07, 6.45) is 2.43. The second kappa shape index (κ2) is 7.70. The van der Waals surface area contributed by atoms with Gasteiger partial charge < -0.3 is 9.47 Å². The van der Waals surface area contributed by atoms with E-state index in [1.54, 1.807) is 29.5 Å². The number of nitrogens with zero attached hydrogens (tertiary/aromatic N) is 1. The molecule has 0 radical (unpaired) electrons. The van der Waals surface area contributed by atoms with Gasteiger partial charge in [-0.05, 0) is 43.0 Å². The molecular weight excluding hydrogens is 401 g/mol. The SMILES string of the molecule is Cc1c2c(cc3c1O/C(=C\c1ccccc1F)C3=O)CN(CCc1cccs1)CO2. The van der Waals surface area contributed by atoms with Crippen molar-refractivity contribution in [3.05, 3.63) is 86.6 Å². The van der Waals surface area contributed by atoms with Gasteiger partial charge in [-0.2, -0.15) is 0 Å².